The first-order valence-electron chi connectivity index (χ1n) is 10.6. The summed E-state index contributed by atoms with van der Waals surface area (Å²) < 4.78 is 55.2. The summed E-state index contributed by atoms with van der Waals surface area (Å²) >= 11 is 18.0. The Labute approximate surface area is 218 Å². The van der Waals surface area contributed by atoms with Crippen LogP contribution in [0, 0.1) is 5.82 Å². The molecule has 0 radical (unpaired) electrons. The van der Waals surface area contributed by atoms with Crippen LogP contribution < -0.4 is 20.4 Å². The highest BCUT2D eigenvalue weighted by Gasteiger charge is 2.41. The monoisotopic (exact) mass is 577 g/mol. The van der Waals surface area contributed by atoms with Crippen molar-refractivity contribution in [2.24, 2.45) is 0 Å². The molecule has 2 aliphatic heterocycles. The van der Waals surface area contributed by atoms with Crippen molar-refractivity contribution >= 4 is 64.1 Å². The van der Waals surface area contributed by atoms with Crippen molar-refractivity contribution in [2.45, 2.75) is 29.2 Å². The van der Waals surface area contributed by atoms with Gasteiger partial charge in [-0.05, 0) is 18.2 Å². The maximum absolute atomic E-state index is 15.0. The molecule has 9 nitrogen and oxygen atoms in total. The van der Waals surface area contributed by atoms with Gasteiger partial charge in [0.1, 0.15) is 18.1 Å². The molecule has 2 N–H and O–H groups in total. The molecule has 16 heteroatoms. The molecule has 1 unspecified atom stereocenters. The van der Waals surface area contributed by atoms with Gasteiger partial charge in [-0.25, -0.2) is 9.18 Å². The highest BCUT2D eigenvalue weighted by molar-refractivity contribution is 6.68. The number of hydrogen-bond donors (Lipinski definition) is 2. The average Bonchev–Trinajstić information content (AvgIpc) is 3.15. The summed E-state index contributed by atoms with van der Waals surface area (Å²) in [6, 6.07) is 4.05. The fraction of sp³-hybridized carbons (Fsp3) is 0.550. The summed E-state index contributed by atoms with van der Waals surface area (Å²) in [5, 5.41) is 4.25. The summed E-state index contributed by atoms with van der Waals surface area (Å²) in [5.74, 6) is -3.16. The van der Waals surface area contributed by atoms with Gasteiger partial charge in [0, 0.05) is 33.1 Å². The number of anilines is 2. The van der Waals surface area contributed by atoms with E-state index in [1.54, 1.807) is 15.1 Å². The lowest BCUT2D eigenvalue weighted by atomic mass is 10.2. The fourth-order valence-corrected chi connectivity index (χ4v) is 4.44. The van der Waals surface area contributed by atoms with Crippen LogP contribution in [0.4, 0.5) is 33.7 Å². The molecule has 3 amide bonds. The van der Waals surface area contributed by atoms with Crippen LogP contribution in [0.25, 0.3) is 0 Å². The third-order valence-electron chi connectivity index (χ3n) is 5.53. The van der Waals surface area contributed by atoms with Crippen molar-refractivity contribution in [3.05, 3.63) is 24.0 Å². The second kappa shape index (κ2) is 11.0. The third-order valence-corrected chi connectivity index (χ3v) is 6.15. The molecule has 0 spiro atoms. The number of nitrogens with one attached hydrogen (secondary N) is 2. The molecule has 3 rings (SSSR count). The summed E-state index contributed by atoms with van der Waals surface area (Å²) in [4.78, 5) is 39.2. The van der Waals surface area contributed by atoms with Crippen molar-refractivity contribution in [1.82, 2.24) is 15.5 Å². The number of nitrogens with zero attached hydrogens (tertiary/aromatic N) is 3. The van der Waals surface area contributed by atoms with E-state index in [2.05, 4.69) is 5.32 Å². The largest absolute Gasteiger partial charge is 0.471 e. The fourth-order valence-electron chi connectivity index (χ4n) is 3.86. The maximum atomic E-state index is 15.0. The van der Waals surface area contributed by atoms with Crippen LogP contribution in [0.2, 0.25) is 0 Å². The standard InChI is InChI=1S/C20H22Cl3F4N5O4/c1-11(33)29-16(19(21,22)23)31-6-4-30(5-7-31)15-3-2-12(8-14(15)24)32-10-13(36-18(32)35)9-28-17(34)20(25,26)27/h2-3,8,13,16H,4-7,9-10H2,1H3,(H,28,34)(H,29,33)/t13-,16?/m0/s1. The van der Waals surface area contributed by atoms with Gasteiger partial charge >= 0.3 is 18.2 Å². The number of rotatable bonds is 6. The number of amides is 3. The summed E-state index contributed by atoms with van der Waals surface area (Å²) in [7, 11) is 0. The molecule has 2 heterocycles. The van der Waals surface area contributed by atoms with Crippen LogP contribution >= 0.6 is 34.8 Å². The zero-order valence-corrected chi connectivity index (χ0v) is 21.0. The lowest BCUT2D eigenvalue weighted by Crippen LogP contribution is -2.60. The molecule has 2 aliphatic rings. The minimum absolute atomic E-state index is 0.145. The molecular weight excluding hydrogens is 557 g/mol. The van der Waals surface area contributed by atoms with Gasteiger partial charge in [0.25, 0.3) is 0 Å². The number of halogens is 7. The number of ether oxygens (including phenoxy) is 1. The van der Waals surface area contributed by atoms with E-state index in [0.717, 1.165) is 11.0 Å². The van der Waals surface area contributed by atoms with E-state index in [4.69, 9.17) is 39.5 Å². The third kappa shape index (κ3) is 6.96. The van der Waals surface area contributed by atoms with Crippen LogP contribution in [0.1, 0.15) is 6.92 Å². The maximum Gasteiger partial charge on any atom is 0.471 e. The number of hydrogen-bond acceptors (Lipinski definition) is 6. The molecule has 0 saturated carbocycles. The van der Waals surface area contributed by atoms with Gasteiger partial charge in [0.15, 0.2) is 0 Å². The Kier molecular flexibility index (Phi) is 8.69. The molecule has 36 heavy (non-hydrogen) atoms. The SMILES string of the molecule is CC(=O)NC(N1CCN(c2ccc(N3C[C@H](CNC(=O)C(F)(F)F)OC3=O)cc2F)CC1)C(Cl)(Cl)Cl. The summed E-state index contributed by atoms with van der Waals surface area (Å²) in [6.07, 6.45) is -7.84. The van der Waals surface area contributed by atoms with Crippen molar-refractivity contribution in [2.75, 3.05) is 49.1 Å². The highest BCUT2D eigenvalue weighted by atomic mass is 35.6. The first-order valence-corrected chi connectivity index (χ1v) is 11.8. The van der Waals surface area contributed by atoms with E-state index in [1.807, 2.05) is 0 Å². The highest BCUT2D eigenvalue weighted by Crippen LogP contribution is 2.34. The van der Waals surface area contributed by atoms with Crippen molar-refractivity contribution in [3.8, 4) is 0 Å². The summed E-state index contributed by atoms with van der Waals surface area (Å²) in [5.41, 5.74) is 0.399. The van der Waals surface area contributed by atoms with E-state index in [1.165, 1.54) is 19.1 Å². The number of benzene rings is 1. The molecule has 2 fully saturated rings. The molecule has 0 aromatic heterocycles. The normalized spacial score (nSPS) is 20.2. The van der Waals surface area contributed by atoms with Crippen LogP contribution in [0.15, 0.2) is 18.2 Å². The number of carbonyl (C=O) groups excluding carboxylic acids is 3. The van der Waals surface area contributed by atoms with Crippen LogP contribution in [-0.2, 0) is 14.3 Å². The van der Waals surface area contributed by atoms with E-state index in [0.29, 0.717) is 26.2 Å². The Balaban J connectivity index is 1.61. The minimum Gasteiger partial charge on any atom is -0.442 e. The Hall–Kier alpha value is -2.22. The molecule has 200 valence electrons. The van der Waals surface area contributed by atoms with Crippen molar-refractivity contribution < 1.29 is 36.7 Å². The molecule has 1 aromatic rings. The first-order chi connectivity index (χ1) is 16.7. The van der Waals surface area contributed by atoms with Gasteiger partial charge in [-0.2, -0.15) is 13.2 Å². The Morgan fingerprint density at radius 1 is 1.17 bits per heavy atom. The van der Waals surface area contributed by atoms with E-state index >= 15 is 0 Å². The number of piperazine rings is 1. The molecule has 2 saturated heterocycles. The summed E-state index contributed by atoms with van der Waals surface area (Å²) in [6.45, 7) is 1.98. The number of carbonyl (C=O) groups is 3. The zero-order chi connectivity index (χ0) is 26.8. The number of cyclic esters (lactones) is 1. The average molecular weight is 579 g/mol. The van der Waals surface area contributed by atoms with Gasteiger partial charge < -0.3 is 20.3 Å². The molecule has 0 aliphatic carbocycles. The first kappa shape index (κ1) is 28.4. The lowest BCUT2D eigenvalue weighted by Gasteiger charge is -2.42. The van der Waals surface area contributed by atoms with Gasteiger partial charge in [-0.3, -0.25) is 19.4 Å². The van der Waals surface area contributed by atoms with Crippen LogP contribution in [-0.4, -0.2) is 84.3 Å². The van der Waals surface area contributed by atoms with E-state index in [9.17, 15) is 31.9 Å². The lowest BCUT2D eigenvalue weighted by molar-refractivity contribution is -0.173. The van der Waals surface area contributed by atoms with E-state index < -0.39 is 46.6 Å². The zero-order valence-electron chi connectivity index (χ0n) is 18.7. The van der Waals surface area contributed by atoms with Gasteiger partial charge in [0.05, 0.1) is 24.5 Å². The van der Waals surface area contributed by atoms with Gasteiger partial charge in [-0.15, -0.1) is 0 Å². The quantitative estimate of drug-likeness (QED) is 0.398. The minimum atomic E-state index is -5.06. The second-order valence-electron chi connectivity index (χ2n) is 8.13. The van der Waals surface area contributed by atoms with E-state index in [-0.39, 0.29) is 23.8 Å². The van der Waals surface area contributed by atoms with Crippen molar-refractivity contribution in [3.63, 3.8) is 0 Å². The van der Waals surface area contributed by atoms with Crippen LogP contribution in [0.5, 0.6) is 0 Å². The number of alkyl halides is 6. The van der Waals surface area contributed by atoms with Gasteiger partial charge in [-0.1, -0.05) is 34.8 Å². The Morgan fingerprint density at radius 3 is 2.33 bits per heavy atom. The topological polar surface area (TPSA) is 94.2 Å². The Bertz CT molecular complexity index is 1000. The second-order valence-corrected chi connectivity index (χ2v) is 10.5. The molecule has 1 aromatic carbocycles. The Morgan fingerprint density at radius 2 is 1.81 bits per heavy atom. The van der Waals surface area contributed by atoms with Crippen molar-refractivity contribution in [1.29, 1.82) is 0 Å². The molecular formula is C20H22Cl3F4N5O4. The molecule has 0 bridgehead atoms. The predicted molar refractivity (Wildman–Crippen MR) is 125 cm³/mol. The molecule has 2 atom stereocenters. The predicted octanol–water partition coefficient (Wildman–Crippen LogP) is 2.78. The smallest absolute Gasteiger partial charge is 0.442 e. The van der Waals surface area contributed by atoms with Crippen LogP contribution in [0.3, 0.4) is 0 Å². The van der Waals surface area contributed by atoms with Gasteiger partial charge in [0.2, 0.25) is 9.70 Å².